The largest absolute Gasteiger partial charge is 0.375 e. The van der Waals surface area contributed by atoms with Crippen LogP contribution in [0.25, 0.3) is 0 Å². The minimum absolute atomic E-state index is 0. The molecule has 128 valence electrons. The number of hydrogen-bond donors (Lipinski definition) is 1. The van der Waals surface area contributed by atoms with Crippen LogP contribution in [0.4, 0.5) is 0 Å². The van der Waals surface area contributed by atoms with Gasteiger partial charge in [-0.15, -0.1) is 12.4 Å². The van der Waals surface area contributed by atoms with Crippen molar-refractivity contribution in [1.82, 2.24) is 10.2 Å². The third kappa shape index (κ3) is 5.20. The number of carbonyl (C=O) groups is 1. The van der Waals surface area contributed by atoms with Gasteiger partial charge in [0.1, 0.15) is 0 Å². The van der Waals surface area contributed by atoms with E-state index in [4.69, 9.17) is 4.74 Å². The molecule has 1 amide bonds. The molecule has 2 atom stereocenters. The summed E-state index contributed by atoms with van der Waals surface area (Å²) in [4.78, 5) is 14.7. The van der Waals surface area contributed by atoms with Gasteiger partial charge in [-0.05, 0) is 31.2 Å². The Labute approximate surface area is 145 Å². The second kappa shape index (κ2) is 9.26. The van der Waals surface area contributed by atoms with Gasteiger partial charge in [0.05, 0.1) is 19.1 Å². The average molecular weight is 339 g/mol. The molecule has 2 unspecified atom stereocenters. The number of rotatable bonds is 5. The molecule has 2 fully saturated rings. The summed E-state index contributed by atoms with van der Waals surface area (Å²) in [6.45, 7) is 3.33. The van der Waals surface area contributed by atoms with E-state index in [0.29, 0.717) is 12.5 Å². The lowest BCUT2D eigenvalue weighted by molar-refractivity contribution is -0.135. The number of halogens is 1. The smallest absolute Gasteiger partial charge is 0.225 e. The lowest BCUT2D eigenvalue weighted by atomic mass is 10.0. The lowest BCUT2D eigenvalue weighted by Gasteiger charge is -2.28. The third-order valence-corrected chi connectivity index (χ3v) is 4.71. The molecule has 2 aliphatic rings. The molecule has 0 saturated carbocycles. The molecule has 1 N–H and O–H groups in total. The standard InChI is InChI=1S/C18H26N2O2.ClH/c21-18(13-17-14-19-10-12-22-17)20-11-4-7-16(20)9-8-15-5-2-1-3-6-15;/h1-3,5-6,16-17,19H,4,7-14H2;1H. The molecular formula is C18H27ClN2O2. The topological polar surface area (TPSA) is 41.6 Å². The zero-order valence-electron chi connectivity index (χ0n) is 13.6. The van der Waals surface area contributed by atoms with Crippen molar-refractivity contribution in [2.24, 2.45) is 0 Å². The van der Waals surface area contributed by atoms with Crippen molar-refractivity contribution in [2.45, 2.75) is 44.2 Å². The van der Waals surface area contributed by atoms with Gasteiger partial charge in [-0.3, -0.25) is 4.79 Å². The first-order chi connectivity index (χ1) is 10.8. The number of nitrogens with zero attached hydrogens (tertiary/aromatic N) is 1. The van der Waals surface area contributed by atoms with Gasteiger partial charge in [0, 0.05) is 25.7 Å². The molecule has 23 heavy (non-hydrogen) atoms. The van der Waals surface area contributed by atoms with Crippen molar-refractivity contribution in [2.75, 3.05) is 26.2 Å². The van der Waals surface area contributed by atoms with E-state index in [1.54, 1.807) is 0 Å². The molecule has 0 aliphatic carbocycles. The maximum absolute atomic E-state index is 12.6. The fourth-order valence-corrected chi connectivity index (χ4v) is 3.50. The van der Waals surface area contributed by atoms with E-state index in [2.05, 4.69) is 34.5 Å². The van der Waals surface area contributed by atoms with Crippen LogP contribution in [0.1, 0.15) is 31.2 Å². The molecule has 2 heterocycles. The highest BCUT2D eigenvalue weighted by molar-refractivity contribution is 5.85. The van der Waals surface area contributed by atoms with Crippen LogP contribution in [0.15, 0.2) is 30.3 Å². The van der Waals surface area contributed by atoms with Gasteiger partial charge in [0.15, 0.2) is 0 Å². The van der Waals surface area contributed by atoms with Gasteiger partial charge < -0.3 is 15.0 Å². The molecule has 0 spiro atoms. The monoisotopic (exact) mass is 338 g/mol. The van der Waals surface area contributed by atoms with Crippen molar-refractivity contribution >= 4 is 18.3 Å². The van der Waals surface area contributed by atoms with Crippen molar-refractivity contribution in [1.29, 1.82) is 0 Å². The summed E-state index contributed by atoms with van der Waals surface area (Å²) in [5, 5.41) is 3.29. The fourth-order valence-electron chi connectivity index (χ4n) is 3.50. The van der Waals surface area contributed by atoms with Gasteiger partial charge in [-0.2, -0.15) is 0 Å². The van der Waals surface area contributed by atoms with Crippen molar-refractivity contribution in [3.05, 3.63) is 35.9 Å². The maximum atomic E-state index is 12.6. The average Bonchev–Trinajstić information content (AvgIpc) is 3.03. The number of likely N-dealkylation sites (tertiary alicyclic amines) is 1. The first-order valence-electron chi connectivity index (χ1n) is 8.48. The van der Waals surface area contributed by atoms with E-state index in [1.165, 1.54) is 5.56 Å². The molecule has 2 saturated heterocycles. The first-order valence-corrected chi connectivity index (χ1v) is 8.48. The molecule has 0 aromatic heterocycles. The van der Waals surface area contributed by atoms with Crippen molar-refractivity contribution in [3.63, 3.8) is 0 Å². The highest BCUT2D eigenvalue weighted by atomic mass is 35.5. The number of morpholine rings is 1. The van der Waals surface area contributed by atoms with Gasteiger partial charge in [0.25, 0.3) is 0 Å². The van der Waals surface area contributed by atoms with Crippen LogP contribution in [0.3, 0.4) is 0 Å². The molecule has 0 radical (unpaired) electrons. The summed E-state index contributed by atoms with van der Waals surface area (Å²) < 4.78 is 5.66. The Kier molecular flexibility index (Phi) is 7.34. The van der Waals surface area contributed by atoms with Crippen molar-refractivity contribution in [3.8, 4) is 0 Å². The van der Waals surface area contributed by atoms with E-state index < -0.39 is 0 Å². The van der Waals surface area contributed by atoms with E-state index in [0.717, 1.165) is 51.9 Å². The molecule has 0 bridgehead atoms. The first kappa shape index (κ1) is 18.2. The Morgan fingerprint density at radius 3 is 2.87 bits per heavy atom. The van der Waals surface area contributed by atoms with Gasteiger partial charge >= 0.3 is 0 Å². The van der Waals surface area contributed by atoms with Crippen LogP contribution in [0, 0.1) is 0 Å². The second-order valence-electron chi connectivity index (χ2n) is 6.31. The molecule has 1 aromatic carbocycles. The molecule has 5 heteroatoms. The zero-order chi connectivity index (χ0) is 15.2. The molecule has 4 nitrogen and oxygen atoms in total. The molecule has 1 aromatic rings. The number of aryl methyl sites for hydroxylation is 1. The Morgan fingerprint density at radius 1 is 1.30 bits per heavy atom. The lowest BCUT2D eigenvalue weighted by Crippen LogP contribution is -2.43. The quantitative estimate of drug-likeness (QED) is 0.896. The number of nitrogens with one attached hydrogen (secondary N) is 1. The number of carbonyl (C=O) groups excluding carboxylic acids is 1. The zero-order valence-corrected chi connectivity index (χ0v) is 14.4. The van der Waals surface area contributed by atoms with Gasteiger partial charge in [-0.1, -0.05) is 30.3 Å². The van der Waals surface area contributed by atoms with Gasteiger partial charge in [-0.25, -0.2) is 0 Å². The Hall–Kier alpha value is -1.10. The number of hydrogen-bond acceptors (Lipinski definition) is 3. The third-order valence-electron chi connectivity index (χ3n) is 4.71. The van der Waals surface area contributed by atoms with Crippen LogP contribution in [0.5, 0.6) is 0 Å². The van der Waals surface area contributed by atoms with Crippen molar-refractivity contribution < 1.29 is 9.53 Å². The number of benzene rings is 1. The Bertz CT molecular complexity index is 477. The fraction of sp³-hybridized carbons (Fsp3) is 0.611. The van der Waals surface area contributed by atoms with Crippen LogP contribution >= 0.6 is 12.4 Å². The number of amides is 1. The summed E-state index contributed by atoms with van der Waals surface area (Å²) in [6.07, 6.45) is 4.97. The second-order valence-corrected chi connectivity index (χ2v) is 6.31. The molecular weight excluding hydrogens is 312 g/mol. The highest BCUT2D eigenvalue weighted by Gasteiger charge is 2.30. The summed E-state index contributed by atoms with van der Waals surface area (Å²) in [6, 6.07) is 11.0. The summed E-state index contributed by atoms with van der Waals surface area (Å²) in [7, 11) is 0. The SMILES string of the molecule is Cl.O=C(CC1CNCCO1)N1CCCC1CCc1ccccc1. The van der Waals surface area contributed by atoms with E-state index >= 15 is 0 Å². The molecule has 2 aliphatic heterocycles. The van der Waals surface area contributed by atoms with Crippen LogP contribution in [-0.2, 0) is 16.0 Å². The van der Waals surface area contributed by atoms with Gasteiger partial charge in [0.2, 0.25) is 5.91 Å². The van der Waals surface area contributed by atoms with E-state index in [-0.39, 0.29) is 24.4 Å². The predicted molar refractivity (Wildman–Crippen MR) is 94.0 cm³/mol. The number of ether oxygens (including phenoxy) is 1. The van der Waals surface area contributed by atoms with E-state index in [1.807, 2.05) is 6.07 Å². The summed E-state index contributed by atoms with van der Waals surface area (Å²) in [5.74, 6) is 0.268. The summed E-state index contributed by atoms with van der Waals surface area (Å²) >= 11 is 0. The minimum atomic E-state index is 0. The van der Waals surface area contributed by atoms with Crippen LogP contribution in [0.2, 0.25) is 0 Å². The summed E-state index contributed by atoms with van der Waals surface area (Å²) in [5.41, 5.74) is 1.36. The Morgan fingerprint density at radius 2 is 2.13 bits per heavy atom. The Balaban J connectivity index is 0.00000192. The van der Waals surface area contributed by atoms with Crippen LogP contribution < -0.4 is 5.32 Å². The maximum Gasteiger partial charge on any atom is 0.225 e. The van der Waals surface area contributed by atoms with E-state index in [9.17, 15) is 4.79 Å². The normalized spacial score (nSPS) is 24.3. The highest BCUT2D eigenvalue weighted by Crippen LogP contribution is 2.23. The van der Waals surface area contributed by atoms with Crippen LogP contribution in [-0.4, -0.2) is 49.2 Å². The predicted octanol–water partition coefficient (Wildman–Crippen LogP) is 2.41. The minimum Gasteiger partial charge on any atom is -0.375 e. The molecule has 3 rings (SSSR count).